The minimum atomic E-state index is -0.553. The number of urea groups is 1. The van der Waals surface area contributed by atoms with Crippen LogP contribution in [0.2, 0.25) is 0 Å². The molecule has 2 aromatic carbocycles. The number of para-hydroxylation sites is 1. The van der Waals surface area contributed by atoms with Gasteiger partial charge in [0.1, 0.15) is 5.82 Å². The molecule has 2 N–H and O–H groups in total. The molecule has 0 atom stereocenters. The lowest BCUT2D eigenvalue weighted by Crippen LogP contribution is -2.34. The molecule has 0 radical (unpaired) electrons. The van der Waals surface area contributed by atoms with Gasteiger partial charge < -0.3 is 10.6 Å². The second-order valence-corrected chi connectivity index (χ2v) is 5.51. The number of carbonyl (C=O) groups is 1. The van der Waals surface area contributed by atoms with Gasteiger partial charge in [-0.15, -0.1) is 0 Å². The molecule has 1 aromatic heterocycles. The van der Waals surface area contributed by atoms with E-state index in [1.807, 2.05) is 30.3 Å². The van der Waals surface area contributed by atoms with Crippen molar-refractivity contribution in [3.05, 3.63) is 82.9 Å². The Bertz CT molecular complexity index is 957. The Morgan fingerprint density at radius 3 is 2.50 bits per heavy atom. The third kappa shape index (κ3) is 4.32. The van der Waals surface area contributed by atoms with Crippen LogP contribution in [-0.2, 0) is 6.54 Å². The Labute approximate surface area is 149 Å². The number of aromatic nitrogens is 2. The molecule has 0 aliphatic heterocycles. The third-order valence-electron chi connectivity index (χ3n) is 3.67. The summed E-state index contributed by atoms with van der Waals surface area (Å²) in [6.07, 6.45) is 0. The molecule has 0 saturated carbocycles. The van der Waals surface area contributed by atoms with Crippen LogP contribution in [0.15, 0.2) is 71.5 Å². The highest BCUT2D eigenvalue weighted by Gasteiger charge is 2.07. The van der Waals surface area contributed by atoms with Gasteiger partial charge in [-0.05, 0) is 18.2 Å². The maximum atomic E-state index is 13.5. The van der Waals surface area contributed by atoms with Gasteiger partial charge in [-0.2, -0.15) is 5.10 Å². The van der Waals surface area contributed by atoms with Crippen LogP contribution in [0.25, 0.3) is 11.3 Å². The third-order valence-corrected chi connectivity index (χ3v) is 3.67. The smallest absolute Gasteiger partial charge is 0.319 e. The maximum absolute atomic E-state index is 13.5. The molecule has 1 heterocycles. The van der Waals surface area contributed by atoms with Crippen molar-refractivity contribution in [3.8, 4) is 11.3 Å². The average Bonchev–Trinajstić information content (AvgIpc) is 2.66. The number of nitrogens with zero attached hydrogens (tertiary/aromatic N) is 2. The zero-order valence-electron chi connectivity index (χ0n) is 13.9. The Hall–Kier alpha value is -3.48. The quantitative estimate of drug-likeness (QED) is 0.741. The van der Waals surface area contributed by atoms with Gasteiger partial charge in [-0.25, -0.2) is 13.9 Å². The standard InChI is InChI=1S/C19H17FN4O2/c20-15-8-4-5-9-17(15)22-19(26)21-12-13-24-18(25)11-10-16(23-24)14-6-2-1-3-7-14/h1-11H,12-13H2,(H2,21,22,26). The van der Waals surface area contributed by atoms with E-state index >= 15 is 0 Å². The van der Waals surface area contributed by atoms with Gasteiger partial charge in [-0.3, -0.25) is 4.79 Å². The minimum Gasteiger partial charge on any atom is -0.336 e. The number of hydrogen-bond acceptors (Lipinski definition) is 3. The van der Waals surface area contributed by atoms with Crippen LogP contribution in [0.3, 0.4) is 0 Å². The minimum absolute atomic E-state index is 0.0892. The van der Waals surface area contributed by atoms with E-state index in [1.54, 1.807) is 12.1 Å². The van der Waals surface area contributed by atoms with Crippen LogP contribution < -0.4 is 16.2 Å². The van der Waals surface area contributed by atoms with E-state index in [0.29, 0.717) is 5.69 Å². The van der Waals surface area contributed by atoms with Crippen LogP contribution in [0, 0.1) is 5.82 Å². The first-order valence-corrected chi connectivity index (χ1v) is 8.06. The van der Waals surface area contributed by atoms with E-state index < -0.39 is 11.8 Å². The van der Waals surface area contributed by atoms with E-state index in [0.717, 1.165) is 5.56 Å². The fourth-order valence-electron chi connectivity index (χ4n) is 2.38. The van der Waals surface area contributed by atoms with E-state index in [-0.39, 0.29) is 24.3 Å². The molecule has 0 aliphatic carbocycles. The van der Waals surface area contributed by atoms with Gasteiger partial charge >= 0.3 is 6.03 Å². The summed E-state index contributed by atoms with van der Waals surface area (Å²) in [5.74, 6) is -0.518. The number of benzene rings is 2. The molecule has 0 spiro atoms. The first-order valence-electron chi connectivity index (χ1n) is 8.06. The highest BCUT2D eigenvalue weighted by molar-refractivity contribution is 5.89. The number of halogens is 1. The van der Waals surface area contributed by atoms with Crippen molar-refractivity contribution >= 4 is 11.7 Å². The van der Waals surface area contributed by atoms with Crippen LogP contribution in [0.5, 0.6) is 0 Å². The number of anilines is 1. The summed E-state index contributed by atoms with van der Waals surface area (Å²) >= 11 is 0. The second-order valence-electron chi connectivity index (χ2n) is 5.51. The van der Waals surface area contributed by atoms with Crippen LogP contribution >= 0.6 is 0 Å². The van der Waals surface area contributed by atoms with E-state index in [1.165, 1.54) is 28.9 Å². The molecule has 3 rings (SSSR count). The topological polar surface area (TPSA) is 76.0 Å². The number of amides is 2. The number of rotatable bonds is 5. The Kier molecular flexibility index (Phi) is 5.38. The predicted octanol–water partition coefficient (Wildman–Crippen LogP) is 2.87. The van der Waals surface area contributed by atoms with E-state index in [4.69, 9.17) is 0 Å². The Balaban J connectivity index is 1.60. The van der Waals surface area contributed by atoms with Crippen molar-refractivity contribution in [2.75, 3.05) is 11.9 Å². The summed E-state index contributed by atoms with van der Waals surface area (Å²) in [6.45, 7) is 0.371. The molecule has 2 amide bonds. The largest absolute Gasteiger partial charge is 0.336 e. The fourth-order valence-corrected chi connectivity index (χ4v) is 2.38. The van der Waals surface area contributed by atoms with Gasteiger partial charge in [0.05, 0.1) is 17.9 Å². The van der Waals surface area contributed by atoms with Crippen molar-refractivity contribution in [1.82, 2.24) is 15.1 Å². The molecule has 0 bridgehead atoms. The van der Waals surface area contributed by atoms with Crippen molar-refractivity contribution < 1.29 is 9.18 Å². The van der Waals surface area contributed by atoms with E-state index in [2.05, 4.69) is 15.7 Å². The molecular weight excluding hydrogens is 335 g/mol. The summed E-state index contributed by atoms with van der Waals surface area (Å²) in [4.78, 5) is 23.8. The van der Waals surface area contributed by atoms with Gasteiger partial charge in [0.2, 0.25) is 0 Å². The van der Waals surface area contributed by atoms with Crippen molar-refractivity contribution in [2.24, 2.45) is 0 Å². The van der Waals surface area contributed by atoms with Crippen molar-refractivity contribution in [1.29, 1.82) is 0 Å². The van der Waals surface area contributed by atoms with Crippen LogP contribution in [0.1, 0.15) is 0 Å². The summed E-state index contributed by atoms with van der Waals surface area (Å²) in [6, 6.07) is 17.9. The molecule has 0 saturated heterocycles. The van der Waals surface area contributed by atoms with Crippen molar-refractivity contribution in [3.63, 3.8) is 0 Å². The number of carbonyl (C=O) groups excluding carboxylic acids is 1. The highest BCUT2D eigenvalue weighted by Crippen LogP contribution is 2.14. The SMILES string of the molecule is O=C(NCCn1nc(-c2ccccc2)ccc1=O)Nc1ccccc1F. The van der Waals surface area contributed by atoms with Crippen molar-refractivity contribution in [2.45, 2.75) is 6.54 Å². The lowest BCUT2D eigenvalue weighted by atomic mass is 10.1. The van der Waals surface area contributed by atoms with Gasteiger partial charge in [0.25, 0.3) is 5.56 Å². The average molecular weight is 352 g/mol. The molecule has 26 heavy (non-hydrogen) atoms. The molecule has 0 unspecified atom stereocenters. The monoisotopic (exact) mass is 352 g/mol. The van der Waals surface area contributed by atoms with Crippen LogP contribution in [0.4, 0.5) is 14.9 Å². The molecular formula is C19H17FN4O2. The number of hydrogen-bond donors (Lipinski definition) is 2. The van der Waals surface area contributed by atoms with Gasteiger partial charge in [0, 0.05) is 18.2 Å². The van der Waals surface area contributed by atoms with Crippen LogP contribution in [-0.4, -0.2) is 22.4 Å². The summed E-state index contributed by atoms with van der Waals surface area (Å²) in [7, 11) is 0. The summed E-state index contributed by atoms with van der Waals surface area (Å²) in [5.41, 5.74) is 1.39. The normalized spacial score (nSPS) is 10.3. The summed E-state index contributed by atoms with van der Waals surface area (Å²) < 4.78 is 14.8. The lowest BCUT2D eigenvalue weighted by molar-refractivity contribution is 0.251. The molecule has 0 aliphatic rings. The molecule has 7 heteroatoms. The number of nitrogens with one attached hydrogen (secondary N) is 2. The Morgan fingerprint density at radius 1 is 1.00 bits per heavy atom. The Morgan fingerprint density at radius 2 is 1.73 bits per heavy atom. The predicted molar refractivity (Wildman–Crippen MR) is 97.4 cm³/mol. The fraction of sp³-hybridized carbons (Fsp3) is 0.105. The first-order chi connectivity index (χ1) is 12.6. The maximum Gasteiger partial charge on any atom is 0.319 e. The molecule has 132 valence electrons. The van der Waals surface area contributed by atoms with Gasteiger partial charge in [-0.1, -0.05) is 42.5 Å². The van der Waals surface area contributed by atoms with Gasteiger partial charge in [0.15, 0.2) is 0 Å². The molecule has 3 aromatic rings. The highest BCUT2D eigenvalue weighted by atomic mass is 19.1. The summed E-state index contributed by atoms with van der Waals surface area (Å²) in [5, 5.41) is 9.30. The van der Waals surface area contributed by atoms with E-state index in [9.17, 15) is 14.0 Å². The second kappa shape index (κ2) is 8.06. The molecule has 0 fully saturated rings. The molecule has 6 nitrogen and oxygen atoms in total. The lowest BCUT2D eigenvalue weighted by Gasteiger charge is -2.10. The zero-order valence-corrected chi connectivity index (χ0v) is 13.9. The first kappa shape index (κ1) is 17.3. The zero-order chi connectivity index (χ0) is 18.4.